The minimum atomic E-state index is -0.346. The van der Waals surface area contributed by atoms with Crippen molar-refractivity contribution in [3.8, 4) is 21.8 Å². The molecule has 0 unspecified atom stereocenters. The first-order valence-corrected chi connectivity index (χ1v) is 7.85. The molecule has 0 N–H and O–H groups in total. The lowest BCUT2D eigenvalue weighted by molar-refractivity contribution is 0.628. The summed E-state index contributed by atoms with van der Waals surface area (Å²) >= 11 is 11.0. The number of hydrogen-bond acceptors (Lipinski definition) is 2. The van der Waals surface area contributed by atoms with E-state index in [0.717, 1.165) is 26.3 Å². The van der Waals surface area contributed by atoms with Crippen LogP contribution in [0.5, 0.6) is 0 Å². The highest BCUT2D eigenvalue weighted by atomic mass is 79.9. The fourth-order valence-electron chi connectivity index (χ4n) is 1.85. The standard InChI is InChI=1S/C15H8BrClFNS/c16-10-3-1-2-9(6-10)15-19-14(8-20-15)12-5-4-11(18)7-13(12)17/h1-8H. The van der Waals surface area contributed by atoms with Gasteiger partial charge >= 0.3 is 0 Å². The van der Waals surface area contributed by atoms with E-state index in [1.165, 1.54) is 23.5 Å². The van der Waals surface area contributed by atoms with Crippen LogP contribution in [0.25, 0.3) is 21.8 Å². The summed E-state index contributed by atoms with van der Waals surface area (Å²) in [6.45, 7) is 0. The Kier molecular flexibility index (Phi) is 3.87. The van der Waals surface area contributed by atoms with Crippen molar-refractivity contribution < 1.29 is 4.39 Å². The summed E-state index contributed by atoms with van der Waals surface area (Å²) in [6.07, 6.45) is 0. The molecule has 0 fully saturated rings. The molecular formula is C15H8BrClFNS. The molecule has 0 radical (unpaired) electrons. The molecule has 0 amide bonds. The molecule has 0 atom stereocenters. The van der Waals surface area contributed by atoms with E-state index in [2.05, 4.69) is 20.9 Å². The van der Waals surface area contributed by atoms with E-state index < -0.39 is 0 Å². The predicted molar refractivity (Wildman–Crippen MR) is 85.7 cm³/mol. The summed E-state index contributed by atoms with van der Waals surface area (Å²) in [4.78, 5) is 4.57. The molecule has 20 heavy (non-hydrogen) atoms. The van der Waals surface area contributed by atoms with E-state index in [1.54, 1.807) is 6.07 Å². The van der Waals surface area contributed by atoms with Crippen LogP contribution in [0.3, 0.4) is 0 Å². The van der Waals surface area contributed by atoms with Crippen molar-refractivity contribution >= 4 is 38.9 Å². The second-order valence-corrected chi connectivity index (χ2v) is 6.35. The molecule has 5 heteroatoms. The number of nitrogens with zero attached hydrogens (tertiary/aromatic N) is 1. The van der Waals surface area contributed by atoms with Crippen LogP contribution in [-0.2, 0) is 0 Å². The molecule has 0 saturated heterocycles. The maximum absolute atomic E-state index is 13.1. The smallest absolute Gasteiger partial charge is 0.124 e. The summed E-state index contributed by atoms with van der Waals surface area (Å²) in [6, 6.07) is 12.3. The van der Waals surface area contributed by atoms with Gasteiger partial charge in [0.2, 0.25) is 0 Å². The molecule has 3 rings (SSSR count). The number of aromatic nitrogens is 1. The van der Waals surface area contributed by atoms with E-state index in [1.807, 2.05) is 29.6 Å². The number of thiazole rings is 1. The van der Waals surface area contributed by atoms with Gasteiger partial charge in [-0.05, 0) is 30.3 Å². The Morgan fingerprint density at radius 2 is 2.00 bits per heavy atom. The van der Waals surface area contributed by atoms with Gasteiger partial charge in [-0.25, -0.2) is 9.37 Å². The van der Waals surface area contributed by atoms with Crippen molar-refractivity contribution in [2.45, 2.75) is 0 Å². The van der Waals surface area contributed by atoms with E-state index in [4.69, 9.17) is 11.6 Å². The molecule has 0 aliphatic heterocycles. The fraction of sp³-hybridized carbons (Fsp3) is 0. The molecule has 1 nitrogen and oxygen atoms in total. The highest BCUT2D eigenvalue weighted by molar-refractivity contribution is 9.10. The van der Waals surface area contributed by atoms with Gasteiger partial charge in [-0.2, -0.15) is 0 Å². The van der Waals surface area contributed by atoms with Gasteiger partial charge < -0.3 is 0 Å². The molecule has 3 aromatic rings. The van der Waals surface area contributed by atoms with Crippen molar-refractivity contribution in [2.75, 3.05) is 0 Å². The number of rotatable bonds is 2. The van der Waals surface area contributed by atoms with Crippen molar-refractivity contribution in [3.63, 3.8) is 0 Å². The SMILES string of the molecule is Fc1ccc(-c2csc(-c3cccc(Br)c3)n2)c(Cl)c1. The van der Waals surface area contributed by atoms with Crippen molar-refractivity contribution in [2.24, 2.45) is 0 Å². The van der Waals surface area contributed by atoms with E-state index in [9.17, 15) is 4.39 Å². The normalized spacial score (nSPS) is 10.8. The first kappa shape index (κ1) is 13.7. The van der Waals surface area contributed by atoms with Crippen LogP contribution < -0.4 is 0 Å². The van der Waals surface area contributed by atoms with Crippen LogP contribution in [0.1, 0.15) is 0 Å². The molecular weight excluding hydrogens is 361 g/mol. The Bertz CT molecular complexity index is 772. The van der Waals surface area contributed by atoms with Crippen LogP contribution in [0.15, 0.2) is 52.3 Å². The molecule has 1 heterocycles. The van der Waals surface area contributed by atoms with Gasteiger partial charge in [0.1, 0.15) is 10.8 Å². The van der Waals surface area contributed by atoms with Crippen LogP contribution in [0.4, 0.5) is 4.39 Å². The second-order valence-electron chi connectivity index (χ2n) is 4.17. The first-order valence-electron chi connectivity index (χ1n) is 5.80. The minimum Gasteiger partial charge on any atom is -0.236 e. The second kappa shape index (κ2) is 5.64. The third-order valence-corrected chi connectivity index (χ3v) is 4.48. The van der Waals surface area contributed by atoms with E-state index >= 15 is 0 Å². The lowest BCUT2D eigenvalue weighted by Gasteiger charge is -2.00. The van der Waals surface area contributed by atoms with Gasteiger partial charge in [-0.1, -0.05) is 39.7 Å². The third-order valence-electron chi connectivity index (χ3n) is 2.78. The molecule has 0 spiro atoms. The van der Waals surface area contributed by atoms with Crippen LogP contribution >= 0.6 is 38.9 Å². The third kappa shape index (κ3) is 2.77. The van der Waals surface area contributed by atoms with Crippen LogP contribution in [0, 0.1) is 5.82 Å². The average Bonchev–Trinajstić information content (AvgIpc) is 2.88. The summed E-state index contributed by atoms with van der Waals surface area (Å²) in [5.74, 6) is -0.346. The summed E-state index contributed by atoms with van der Waals surface area (Å²) < 4.78 is 14.1. The Hall–Kier alpha value is -1.23. The summed E-state index contributed by atoms with van der Waals surface area (Å²) in [7, 11) is 0. The molecule has 100 valence electrons. The zero-order valence-electron chi connectivity index (χ0n) is 10.1. The van der Waals surface area contributed by atoms with Gasteiger partial charge in [0.15, 0.2) is 0 Å². The predicted octanol–water partition coefficient (Wildman–Crippen LogP) is 6.03. The lowest BCUT2D eigenvalue weighted by atomic mass is 10.1. The molecule has 1 aromatic heterocycles. The highest BCUT2D eigenvalue weighted by Gasteiger charge is 2.10. The zero-order chi connectivity index (χ0) is 14.1. The zero-order valence-corrected chi connectivity index (χ0v) is 13.3. The average molecular weight is 369 g/mol. The quantitative estimate of drug-likeness (QED) is 0.538. The summed E-state index contributed by atoms with van der Waals surface area (Å²) in [5.41, 5.74) is 2.54. The first-order chi connectivity index (χ1) is 9.63. The lowest BCUT2D eigenvalue weighted by Crippen LogP contribution is -1.83. The topological polar surface area (TPSA) is 12.9 Å². The molecule has 0 aliphatic rings. The minimum absolute atomic E-state index is 0.346. The summed E-state index contributed by atoms with van der Waals surface area (Å²) in [5, 5.41) is 3.20. The van der Waals surface area contributed by atoms with Crippen molar-refractivity contribution in [1.29, 1.82) is 0 Å². The number of benzene rings is 2. The Labute approximate surface area is 133 Å². The molecule has 0 bridgehead atoms. The van der Waals surface area contributed by atoms with Crippen LogP contribution in [-0.4, -0.2) is 4.98 Å². The van der Waals surface area contributed by atoms with Crippen LogP contribution in [0.2, 0.25) is 5.02 Å². The Balaban J connectivity index is 2.02. The maximum atomic E-state index is 13.1. The van der Waals surface area contributed by atoms with Gasteiger partial charge in [-0.15, -0.1) is 11.3 Å². The van der Waals surface area contributed by atoms with Crippen molar-refractivity contribution in [3.05, 3.63) is 63.2 Å². The molecule has 0 aliphatic carbocycles. The van der Waals surface area contributed by atoms with Gasteiger partial charge in [0, 0.05) is 21.0 Å². The largest absolute Gasteiger partial charge is 0.236 e. The monoisotopic (exact) mass is 367 g/mol. The highest BCUT2D eigenvalue weighted by Crippen LogP contribution is 2.33. The van der Waals surface area contributed by atoms with E-state index in [0.29, 0.717) is 5.02 Å². The van der Waals surface area contributed by atoms with Gasteiger partial charge in [0.25, 0.3) is 0 Å². The number of halogens is 3. The Morgan fingerprint density at radius 3 is 2.75 bits per heavy atom. The number of hydrogen-bond donors (Lipinski definition) is 0. The van der Waals surface area contributed by atoms with Gasteiger partial charge in [-0.3, -0.25) is 0 Å². The maximum Gasteiger partial charge on any atom is 0.124 e. The Morgan fingerprint density at radius 1 is 1.15 bits per heavy atom. The van der Waals surface area contributed by atoms with Crippen molar-refractivity contribution in [1.82, 2.24) is 4.98 Å². The fourth-order valence-corrected chi connectivity index (χ4v) is 3.33. The van der Waals surface area contributed by atoms with Gasteiger partial charge in [0.05, 0.1) is 10.7 Å². The molecule has 0 saturated carbocycles. The van der Waals surface area contributed by atoms with E-state index in [-0.39, 0.29) is 5.82 Å². The molecule has 2 aromatic carbocycles.